The van der Waals surface area contributed by atoms with Gasteiger partial charge in [0.1, 0.15) is 0 Å². The molecule has 45 heavy (non-hydrogen) atoms. The molecule has 2 N–H and O–H groups in total. The molecule has 4 saturated carbocycles. The maximum atomic E-state index is 11.5. The van der Waals surface area contributed by atoms with Gasteiger partial charge in [0.25, 0.3) is 0 Å². The number of hydrogen-bond donors (Lipinski definition) is 2. The SMILES string of the molecule is C=CC.CC1(C)C(c2ccc(C(=O)O)cc2)=CCC2(C)C1CCC1(C)C2CCC2C3CCCC3(NCc3cscn3)CC[C@]21C. The third kappa shape index (κ3) is 5.01. The maximum Gasteiger partial charge on any atom is 0.335 e. The van der Waals surface area contributed by atoms with Crippen molar-refractivity contribution < 1.29 is 9.90 Å². The van der Waals surface area contributed by atoms with Crippen molar-refractivity contribution in [1.82, 2.24) is 10.3 Å². The van der Waals surface area contributed by atoms with Crippen LogP contribution >= 0.6 is 11.3 Å². The van der Waals surface area contributed by atoms with Crippen LogP contribution in [-0.4, -0.2) is 21.6 Å². The molecule has 0 aliphatic heterocycles. The fraction of sp³-hybridized carbons (Fsp3) is 0.650. The highest BCUT2D eigenvalue weighted by molar-refractivity contribution is 7.07. The zero-order valence-electron chi connectivity index (χ0n) is 28.6. The summed E-state index contributed by atoms with van der Waals surface area (Å²) in [5, 5.41) is 15.8. The second-order valence-corrected chi connectivity index (χ2v) is 17.2. The van der Waals surface area contributed by atoms with Crippen LogP contribution in [0.5, 0.6) is 0 Å². The predicted molar refractivity (Wildman–Crippen MR) is 187 cm³/mol. The molecule has 5 heteroatoms. The summed E-state index contributed by atoms with van der Waals surface area (Å²) in [4.78, 5) is 16.1. The van der Waals surface area contributed by atoms with Gasteiger partial charge in [0.2, 0.25) is 0 Å². The molecule has 7 unspecified atom stereocenters. The van der Waals surface area contributed by atoms with Gasteiger partial charge in [0.15, 0.2) is 0 Å². The number of benzene rings is 1. The van der Waals surface area contributed by atoms with E-state index in [1.54, 1.807) is 29.5 Å². The second-order valence-electron chi connectivity index (χ2n) is 16.5. The summed E-state index contributed by atoms with van der Waals surface area (Å²) in [6.07, 6.45) is 17.6. The number of allylic oxidation sites excluding steroid dienone is 3. The van der Waals surface area contributed by atoms with Gasteiger partial charge in [-0.05, 0) is 133 Å². The van der Waals surface area contributed by atoms with E-state index in [1.807, 2.05) is 24.6 Å². The van der Waals surface area contributed by atoms with Crippen LogP contribution < -0.4 is 5.32 Å². The molecule has 0 radical (unpaired) electrons. The Hall–Kier alpha value is -2.24. The Kier molecular flexibility index (Phi) is 8.55. The topological polar surface area (TPSA) is 62.2 Å². The highest BCUT2D eigenvalue weighted by Gasteiger charge is 2.69. The standard InChI is InChI=1S/C37H50N2O2S.C3H6/c1-33(2)27(24-8-10-25(11-9-24)32(40)41)14-17-34(3)30(33)15-18-36(5)31(34)13-12-28-29-7-6-16-37(29,20-19-35(28,36)4)39-21-26-22-42-23-38-26;1-3-2/h8-11,14,22-23,28-31,39H,6-7,12-13,15-21H2,1-5H3,(H,40,41);3H,1H2,2H3/t28?,29?,30?,31?,34?,35-,36?,37?;/m1./s1. The van der Waals surface area contributed by atoms with Crippen LogP contribution in [0.2, 0.25) is 0 Å². The van der Waals surface area contributed by atoms with E-state index in [4.69, 9.17) is 0 Å². The number of thiazole rings is 1. The van der Waals surface area contributed by atoms with Crippen molar-refractivity contribution in [1.29, 1.82) is 0 Å². The minimum atomic E-state index is -0.852. The summed E-state index contributed by atoms with van der Waals surface area (Å²) < 4.78 is 0. The molecule has 1 aromatic heterocycles. The summed E-state index contributed by atoms with van der Waals surface area (Å²) in [5.41, 5.74) is 7.59. The van der Waals surface area contributed by atoms with E-state index >= 15 is 0 Å². The number of rotatable bonds is 5. The summed E-state index contributed by atoms with van der Waals surface area (Å²) in [5.74, 6) is 2.13. The molecule has 1 aromatic carbocycles. The van der Waals surface area contributed by atoms with Gasteiger partial charge in [-0.25, -0.2) is 9.78 Å². The Morgan fingerprint density at radius 2 is 1.71 bits per heavy atom. The molecule has 0 bridgehead atoms. The lowest BCUT2D eigenvalue weighted by atomic mass is 9.33. The quantitative estimate of drug-likeness (QED) is 0.324. The van der Waals surface area contributed by atoms with Crippen LogP contribution in [0.4, 0.5) is 0 Å². The number of carboxylic acids is 1. The van der Waals surface area contributed by atoms with E-state index < -0.39 is 5.97 Å². The predicted octanol–water partition coefficient (Wildman–Crippen LogP) is 10.4. The van der Waals surface area contributed by atoms with Crippen molar-refractivity contribution in [3.8, 4) is 0 Å². The molecule has 4 fully saturated rings. The molecule has 5 aliphatic carbocycles. The fourth-order valence-electron chi connectivity index (χ4n) is 12.4. The van der Waals surface area contributed by atoms with Crippen LogP contribution in [0.15, 0.2) is 53.9 Å². The Morgan fingerprint density at radius 1 is 0.978 bits per heavy atom. The molecule has 244 valence electrons. The first-order valence-electron chi connectivity index (χ1n) is 17.6. The smallest absolute Gasteiger partial charge is 0.335 e. The third-order valence-corrected chi connectivity index (χ3v) is 15.1. The largest absolute Gasteiger partial charge is 0.478 e. The number of carbonyl (C=O) groups is 1. The number of nitrogens with zero attached hydrogens (tertiary/aromatic N) is 1. The lowest BCUT2D eigenvalue weighted by molar-refractivity contribution is -0.217. The number of nitrogens with one attached hydrogen (secondary N) is 1. The Balaban J connectivity index is 0.00000115. The van der Waals surface area contributed by atoms with Crippen LogP contribution in [0.25, 0.3) is 5.57 Å². The molecule has 0 saturated heterocycles. The number of aromatic nitrogens is 1. The fourth-order valence-corrected chi connectivity index (χ4v) is 12.9. The molecular weight excluding hydrogens is 573 g/mol. The molecule has 2 aromatic rings. The Labute approximate surface area is 276 Å². The van der Waals surface area contributed by atoms with Crippen molar-refractivity contribution in [2.75, 3.05) is 0 Å². The van der Waals surface area contributed by atoms with Crippen molar-refractivity contribution in [2.24, 2.45) is 45.3 Å². The number of aromatic carboxylic acids is 1. The minimum Gasteiger partial charge on any atom is -0.478 e. The van der Waals surface area contributed by atoms with Crippen LogP contribution in [-0.2, 0) is 6.54 Å². The van der Waals surface area contributed by atoms with Crippen LogP contribution in [0.3, 0.4) is 0 Å². The van der Waals surface area contributed by atoms with E-state index in [9.17, 15) is 9.90 Å². The van der Waals surface area contributed by atoms with Gasteiger partial charge < -0.3 is 10.4 Å². The minimum absolute atomic E-state index is 0.0591. The first-order valence-corrected chi connectivity index (χ1v) is 18.5. The zero-order valence-corrected chi connectivity index (χ0v) is 29.4. The van der Waals surface area contributed by atoms with Gasteiger partial charge >= 0.3 is 5.97 Å². The molecule has 0 spiro atoms. The van der Waals surface area contributed by atoms with Crippen LogP contribution in [0.1, 0.15) is 127 Å². The molecule has 7 rings (SSSR count). The molecule has 5 aliphatic rings. The average Bonchev–Trinajstić information content (AvgIpc) is 3.67. The Bertz CT molecular complexity index is 1430. The maximum absolute atomic E-state index is 11.5. The number of fused-ring (bicyclic) bond motifs is 7. The highest BCUT2D eigenvalue weighted by atomic mass is 32.1. The second kappa shape index (κ2) is 11.8. The number of carboxylic acid groups (broad SMARTS) is 1. The highest BCUT2D eigenvalue weighted by Crippen LogP contribution is 2.76. The number of hydrogen-bond acceptors (Lipinski definition) is 4. The molecule has 0 amide bonds. The summed E-state index contributed by atoms with van der Waals surface area (Å²) in [6.45, 7) is 19.2. The summed E-state index contributed by atoms with van der Waals surface area (Å²) in [7, 11) is 0. The summed E-state index contributed by atoms with van der Waals surface area (Å²) >= 11 is 1.71. The Morgan fingerprint density at radius 3 is 2.38 bits per heavy atom. The van der Waals surface area contributed by atoms with Crippen molar-refractivity contribution in [3.63, 3.8) is 0 Å². The molecule has 1 heterocycles. The molecule has 8 atom stereocenters. The zero-order chi connectivity index (χ0) is 32.3. The molecule has 4 nitrogen and oxygen atoms in total. The van der Waals surface area contributed by atoms with E-state index in [0.717, 1.165) is 30.7 Å². The van der Waals surface area contributed by atoms with Gasteiger partial charge in [-0.15, -0.1) is 17.9 Å². The van der Waals surface area contributed by atoms with E-state index in [0.29, 0.717) is 33.3 Å². The van der Waals surface area contributed by atoms with Gasteiger partial charge in [-0.2, -0.15) is 0 Å². The monoisotopic (exact) mass is 628 g/mol. The molecular formula is C40H56N2O2S. The van der Waals surface area contributed by atoms with Gasteiger partial charge in [0.05, 0.1) is 16.8 Å². The lowest BCUT2D eigenvalue weighted by Gasteiger charge is -2.72. The average molecular weight is 629 g/mol. The first-order chi connectivity index (χ1) is 21.4. The van der Waals surface area contributed by atoms with Crippen LogP contribution in [0, 0.1) is 45.3 Å². The van der Waals surface area contributed by atoms with E-state index in [1.165, 1.54) is 74.6 Å². The van der Waals surface area contributed by atoms with Gasteiger partial charge in [0, 0.05) is 17.5 Å². The van der Waals surface area contributed by atoms with E-state index in [2.05, 4.69) is 63.0 Å². The summed E-state index contributed by atoms with van der Waals surface area (Å²) in [6, 6.07) is 7.63. The van der Waals surface area contributed by atoms with Gasteiger partial charge in [-0.3, -0.25) is 0 Å². The normalized spacial score (nSPS) is 39.6. The third-order valence-electron chi connectivity index (χ3n) is 14.5. The van der Waals surface area contributed by atoms with Crippen molar-refractivity contribution >= 4 is 22.9 Å². The van der Waals surface area contributed by atoms with Crippen molar-refractivity contribution in [3.05, 3.63) is 70.7 Å². The first kappa shape index (κ1) is 32.7. The van der Waals surface area contributed by atoms with E-state index in [-0.39, 0.29) is 5.41 Å². The van der Waals surface area contributed by atoms with Crippen molar-refractivity contribution in [2.45, 2.75) is 118 Å². The lowest BCUT2D eigenvalue weighted by Crippen LogP contribution is -2.67. The van der Waals surface area contributed by atoms with Gasteiger partial charge in [-0.1, -0.05) is 65.3 Å².